The highest BCUT2D eigenvalue weighted by atomic mass is 16.7. The number of guanidine groups is 1. The van der Waals surface area contributed by atoms with Gasteiger partial charge in [0.05, 0.1) is 0 Å². The van der Waals surface area contributed by atoms with Crippen LogP contribution in [0.2, 0.25) is 0 Å². The Morgan fingerprint density at radius 1 is 1.37 bits per heavy atom. The van der Waals surface area contributed by atoms with E-state index >= 15 is 0 Å². The van der Waals surface area contributed by atoms with Crippen molar-refractivity contribution in [2.45, 2.75) is 51.9 Å². The zero-order valence-electron chi connectivity index (χ0n) is 11.7. The molecule has 0 aromatic carbocycles. The zero-order valence-corrected chi connectivity index (χ0v) is 11.7. The zero-order chi connectivity index (χ0) is 13.9. The van der Waals surface area contributed by atoms with Gasteiger partial charge in [0.15, 0.2) is 5.03 Å². The van der Waals surface area contributed by atoms with Crippen molar-refractivity contribution < 1.29 is 5.03 Å². The third kappa shape index (κ3) is 6.79. The summed E-state index contributed by atoms with van der Waals surface area (Å²) in [4.78, 5) is 12.1. The lowest BCUT2D eigenvalue weighted by Gasteiger charge is -2.08. The Balaban J connectivity index is 2.16. The minimum absolute atomic E-state index is 0.337. The fraction of sp³-hybridized carbons (Fsp3) is 0.769. The fourth-order valence-corrected chi connectivity index (χ4v) is 2.06. The predicted octanol–water partition coefficient (Wildman–Crippen LogP) is 2.70. The minimum Gasteiger partial charge on any atom is -0.349 e. The minimum atomic E-state index is -0.664. The van der Waals surface area contributed by atoms with Crippen LogP contribution in [0, 0.1) is 10.1 Å². The van der Waals surface area contributed by atoms with Gasteiger partial charge in [0.1, 0.15) is 5.10 Å². The molecule has 0 radical (unpaired) electrons. The Labute approximate surface area is 114 Å². The predicted molar refractivity (Wildman–Crippen MR) is 76.3 cm³/mol. The van der Waals surface area contributed by atoms with Crippen LogP contribution >= 0.6 is 0 Å². The second-order valence-corrected chi connectivity index (χ2v) is 4.72. The van der Waals surface area contributed by atoms with Gasteiger partial charge in [-0.2, -0.15) is 0 Å². The van der Waals surface area contributed by atoms with Gasteiger partial charge in [-0.15, -0.1) is 0 Å². The van der Waals surface area contributed by atoms with E-state index < -0.39 is 5.03 Å². The van der Waals surface area contributed by atoms with Crippen molar-refractivity contribution in [2.75, 3.05) is 13.1 Å². The van der Waals surface area contributed by atoms with Crippen molar-refractivity contribution >= 4 is 5.96 Å². The number of nitrogens with one attached hydrogen (secondary N) is 1. The van der Waals surface area contributed by atoms with E-state index in [4.69, 9.17) is 0 Å². The van der Waals surface area contributed by atoms with Crippen molar-refractivity contribution in [3.8, 4) is 0 Å². The van der Waals surface area contributed by atoms with E-state index in [1.807, 2.05) is 6.20 Å². The number of nitrogens with zero attached hydrogens (tertiary/aromatic N) is 3. The maximum atomic E-state index is 10.3. The van der Waals surface area contributed by atoms with Crippen LogP contribution in [0.1, 0.15) is 51.9 Å². The Kier molecular flexibility index (Phi) is 7.62. The summed E-state index contributed by atoms with van der Waals surface area (Å²) in [6, 6.07) is 0. The molecule has 1 rings (SSSR count). The van der Waals surface area contributed by atoms with Crippen LogP contribution in [0.25, 0.3) is 0 Å². The molecule has 0 saturated carbocycles. The van der Waals surface area contributed by atoms with Crippen molar-refractivity contribution in [3.05, 3.63) is 22.4 Å². The molecule has 1 aliphatic heterocycles. The van der Waals surface area contributed by atoms with Gasteiger partial charge in [-0.25, -0.2) is 10.1 Å². The molecule has 0 aromatic heterocycles. The van der Waals surface area contributed by atoms with Gasteiger partial charge < -0.3 is 10.2 Å². The van der Waals surface area contributed by atoms with Gasteiger partial charge in [-0.3, -0.25) is 0 Å². The number of hydrazone groups is 1. The van der Waals surface area contributed by atoms with E-state index in [0.29, 0.717) is 12.5 Å². The first-order valence-corrected chi connectivity index (χ1v) is 7.14. The van der Waals surface area contributed by atoms with Crippen LogP contribution < -0.4 is 5.32 Å². The van der Waals surface area contributed by atoms with Crippen LogP contribution in [0.15, 0.2) is 17.4 Å². The number of hydrogen-bond donors (Lipinski definition) is 1. The highest BCUT2D eigenvalue weighted by molar-refractivity contribution is 5.82. The van der Waals surface area contributed by atoms with Gasteiger partial charge >= 0.3 is 0 Å². The van der Waals surface area contributed by atoms with Crippen LogP contribution in [0.4, 0.5) is 0 Å². The van der Waals surface area contributed by atoms with E-state index in [2.05, 4.69) is 23.4 Å². The molecule has 6 heteroatoms. The normalized spacial score (nSPS) is 17.3. The van der Waals surface area contributed by atoms with E-state index in [9.17, 15) is 10.1 Å². The largest absolute Gasteiger partial charge is 0.349 e. The summed E-state index contributed by atoms with van der Waals surface area (Å²) < 4.78 is 0. The quantitative estimate of drug-likeness (QED) is 0.396. The second kappa shape index (κ2) is 9.35. The van der Waals surface area contributed by atoms with Gasteiger partial charge in [0.25, 0.3) is 5.96 Å². The van der Waals surface area contributed by atoms with Gasteiger partial charge in [0, 0.05) is 19.3 Å². The molecule has 0 aromatic rings. The number of unbranched alkanes of at least 4 members (excludes halogenated alkanes) is 6. The molecule has 0 unspecified atom stereocenters. The van der Waals surface area contributed by atoms with Crippen molar-refractivity contribution in [1.82, 2.24) is 10.2 Å². The lowest BCUT2D eigenvalue weighted by Crippen LogP contribution is -2.26. The highest BCUT2D eigenvalue weighted by Gasteiger charge is 2.18. The average Bonchev–Trinajstić information content (AvgIpc) is 2.79. The van der Waals surface area contributed by atoms with Crippen LogP contribution in [0.3, 0.4) is 0 Å². The topological polar surface area (TPSA) is 70.8 Å². The Hall–Kier alpha value is -1.59. The lowest BCUT2D eigenvalue weighted by molar-refractivity contribution is -0.485. The number of nitro groups is 1. The van der Waals surface area contributed by atoms with Crippen LogP contribution in [0.5, 0.6) is 0 Å². The standard InChI is InChI=1S/C13H24N4O2/c1-2-3-4-5-6-7-8-9-11-16-12-10-14-13(16)15-17(18)19/h9,11H,2-8,10,12H2,1H3,(H,14,15). The van der Waals surface area contributed by atoms with E-state index in [-0.39, 0.29) is 0 Å². The number of rotatable bonds is 9. The summed E-state index contributed by atoms with van der Waals surface area (Å²) in [5.74, 6) is 0.337. The molecule has 1 fully saturated rings. The molecule has 0 aliphatic carbocycles. The molecule has 1 saturated heterocycles. The highest BCUT2D eigenvalue weighted by Crippen LogP contribution is 2.08. The number of allylic oxidation sites excluding steroid dienone is 1. The molecule has 1 heterocycles. The molecular formula is C13H24N4O2. The second-order valence-electron chi connectivity index (χ2n) is 4.72. The summed E-state index contributed by atoms with van der Waals surface area (Å²) in [6.07, 6.45) is 12.7. The SMILES string of the molecule is CCCCCCCCC=CN1CCNC1=N[N+](=O)[O-]. The van der Waals surface area contributed by atoms with Gasteiger partial charge in [-0.1, -0.05) is 45.1 Å². The Morgan fingerprint density at radius 2 is 2.11 bits per heavy atom. The molecule has 1 aliphatic rings. The monoisotopic (exact) mass is 268 g/mol. The van der Waals surface area contributed by atoms with Crippen molar-refractivity contribution in [2.24, 2.45) is 5.10 Å². The first kappa shape index (κ1) is 15.5. The molecule has 0 atom stereocenters. The van der Waals surface area contributed by atoms with E-state index in [0.717, 1.165) is 13.0 Å². The van der Waals surface area contributed by atoms with Crippen LogP contribution in [-0.2, 0) is 0 Å². The van der Waals surface area contributed by atoms with Gasteiger partial charge in [-0.05, 0) is 12.8 Å². The Bertz CT molecular complexity index is 329. The molecule has 0 spiro atoms. The Morgan fingerprint density at radius 3 is 2.84 bits per heavy atom. The van der Waals surface area contributed by atoms with E-state index in [1.165, 1.54) is 38.5 Å². The lowest BCUT2D eigenvalue weighted by atomic mass is 10.1. The fourth-order valence-electron chi connectivity index (χ4n) is 2.06. The smallest absolute Gasteiger partial charge is 0.275 e. The molecule has 108 valence electrons. The van der Waals surface area contributed by atoms with Crippen LogP contribution in [-0.4, -0.2) is 29.0 Å². The van der Waals surface area contributed by atoms with E-state index in [1.54, 1.807) is 4.90 Å². The summed E-state index contributed by atoms with van der Waals surface area (Å²) in [7, 11) is 0. The average molecular weight is 268 g/mol. The first-order valence-electron chi connectivity index (χ1n) is 7.14. The summed E-state index contributed by atoms with van der Waals surface area (Å²) in [5.41, 5.74) is 0. The molecule has 19 heavy (non-hydrogen) atoms. The van der Waals surface area contributed by atoms with Crippen molar-refractivity contribution in [1.29, 1.82) is 0 Å². The summed E-state index contributed by atoms with van der Waals surface area (Å²) in [5, 5.41) is 15.9. The first-order chi connectivity index (χ1) is 9.24. The van der Waals surface area contributed by atoms with Gasteiger partial charge in [0.2, 0.25) is 0 Å². The molecule has 6 nitrogen and oxygen atoms in total. The molecular weight excluding hydrogens is 244 g/mol. The third-order valence-corrected chi connectivity index (χ3v) is 3.09. The molecule has 1 N–H and O–H groups in total. The molecule has 0 bridgehead atoms. The third-order valence-electron chi connectivity index (χ3n) is 3.09. The molecule has 0 amide bonds. The summed E-state index contributed by atoms with van der Waals surface area (Å²) >= 11 is 0. The maximum absolute atomic E-state index is 10.3. The maximum Gasteiger partial charge on any atom is 0.275 e. The van der Waals surface area contributed by atoms with Crippen molar-refractivity contribution in [3.63, 3.8) is 0 Å². The summed E-state index contributed by atoms with van der Waals surface area (Å²) in [6.45, 7) is 3.66. The number of hydrogen-bond acceptors (Lipinski definition) is 2.